The highest BCUT2D eigenvalue weighted by atomic mass is 19.1. The lowest BCUT2D eigenvalue weighted by Gasteiger charge is -2.34. The van der Waals surface area contributed by atoms with Gasteiger partial charge in [0.05, 0.1) is 24.7 Å². The predicted octanol–water partition coefficient (Wildman–Crippen LogP) is 4.98. The quantitative estimate of drug-likeness (QED) is 0.226. The topological polar surface area (TPSA) is 118 Å². The number of likely N-dealkylation sites (N-methyl/N-ethyl adjacent to an activating group) is 1. The highest BCUT2D eigenvalue weighted by Crippen LogP contribution is 2.30. The molecular formula is C39H47F3N6O5. The summed E-state index contributed by atoms with van der Waals surface area (Å²) in [5.74, 6) is -1.87. The van der Waals surface area contributed by atoms with E-state index in [0.29, 0.717) is 24.3 Å². The van der Waals surface area contributed by atoms with Gasteiger partial charge in [0.25, 0.3) is 5.91 Å². The number of imidazole rings is 1. The van der Waals surface area contributed by atoms with Gasteiger partial charge in [-0.2, -0.15) is 0 Å². The molecule has 3 amide bonds. The highest BCUT2D eigenvalue weighted by Gasteiger charge is 2.43. The van der Waals surface area contributed by atoms with E-state index in [1.54, 1.807) is 59.7 Å². The van der Waals surface area contributed by atoms with Crippen LogP contribution in [0, 0.1) is 17.6 Å². The van der Waals surface area contributed by atoms with Crippen molar-refractivity contribution >= 4 is 17.7 Å². The Labute approximate surface area is 307 Å². The van der Waals surface area contributed by atoms with E-state index in [2.05, 4.69) is 15.6 Å². The predicted molar refractivity (Wildman–Crippen MR) is 193 cm³/mol. The van der Waals surface area contributed by atoms with E-state index in [0.717, 1.165) is 5.57 Å². The standard InChI is InChI=1S/C39H47F3N6O5/c1-24-18-30(42)7-6-27(24)16-17-46(38(50)35-22-47(23-44-35)31-12-8-28(40)9-13-31)20-32-19-34(53-33-14-10-29(41)11-15-33)21-48(32)39(51)36(26(3)52-5)45-37(49)25(2)43-4/h6-15,22-26,32,34,36,43H,16-21H2,1-5H3,(H,45,49)/t24?,25-,26+,32-,34-,36-/m0/s1. The molecule has 3 aromatic rings. The number of amides is 3. The van der Waals surface area contributed by atoms with Crippen molar-refractivity contribution in [3.8, 4) is 11.4 Å². The fraction of sp³-hybridized carbons (Fsp3) is 0.436. The third-order valence-corrected chi connectivity index (χ3v) is 9.93. The van der Waals surface area contributed by atoms with E-state index < -0.39 is 59.7 Å². The minimum absolute atomic E-state index is 0.0624. The van der Waals surface area contributed by atoms with Crippen LogP contribution in [0.1, 0.15) is 50.5 Å². The third kappa shape index (κ3) is 9.93. The van der Waals surface area contributed by atoms with E-state index in [1.807, 2.05) is 6.92 Å². The summed E-state index contributed by atoms with van der Waals surface area (Å²) >= 11 is 0. The molecule has 2 heterocycles. The smallest absolute Gasteiger partial charge is 0.274 e. The van der Waals surface area contributed by atoms with Crippen LogP contribution in [-0.2, 0) is 14.3 Å². The Hall–Kier alpha value is -4.95. The maximum absolute atomic E-state index is 14.4. The first-order chi connectivity index (χ1) is 25.4. The van der Waals surface area contributed by atoms with Gasteiger partial charge in [-0.05, 0) is 87.8 Å². The fourth-order valence-corrected chi connectivity index (χ4v) is 6.54. The molecule has 0 radical (unpaired) electrons. The Balaban J connectivity index is 1.46. The average molecular weight is 737 g/mol. The van der Waals surface area contributed by atoms with E-state index in [-0.39, 0.29) is 43.5 Å². The molecule has 284 valence electrons. The Bertz CT molecular complexity index is 1800. The molecule has 5 rings (SSSR count). The summed E-state index contributed by atoms with van der Waals surface area (Å²) in [6, 6.07) is 9.15. The Morgan fingerprint density at radius 2 is 1.70 bits per heavy atom. The summed E-state index contributed by atoms with van der Waals surface area (Å²) in [5, 5.41) is 5.70. The molecule has 14 heteroatoms. The number of nitrogens with zero attached hydrogens (tertiary/aromatic N) is 4. The molecule has 2 aliphatic rings. The van der Waals surface area contributed by atoms with E-state index in [1.165, 1.54) is 55.9 Å². The van der Waals surface area contributed by atoms with Crippen molar-refractivity contribution in [3.63, 3.8) is 0 Å². The number of hydrogen-bond donors (Lipinski definition) is 2. The fourth-order valence-electron chi connectivity index (χ4n) is 6.54. The molecule has 1 unspecified atom stereocenters. The SMILES string of the molecule is CN[C@@H](C)C(=O)N[C@H](C(=O)N1C[C@@H](Oc2ccc(F)cc2)C[C@H]1CN(CCC1=CC=C(F)CC1C)C(=O)c1cn(-c2ccc(F)cc2)cn1)[C@@H](C)OC. The van der Waals surface area contributed by atoms with Crippen LogP contribution in [0.4, 0.5) is 13.2 Å². The van der Waals surface area contributed by atoms with Gasteiger partial charge in [-0.1, -0.05) is 18.6 Å². The lowest BCUT2D eigenvalue weighted by molar-refractivity contribution is -0.141. The highest BCUT2D eigenvalue weighted by molar-refractivity contribution is 5.93. The molecular weight excluding hydrogens is 689 g/mol. The van der Waals surface area contributed by atoms with Crippen LogP contribution in [-0.4, -0.2) is 101 Å². The summed E-state index contributed by atoms with van der Waals surface area (Å²) in [6.45, 7) is 5.74. The number of aromatic nitrogens is 2. The maximum Gasteiger partial charge on any atom is 0.274 e. The molecule has 0 bridgehead atoms. The number of carbonyl (C=O) groups excluding carboxylic acids is 3. The molecule has 2 aromatic carbocycles. The number of ether oxygens (including phenoxy) is 2. The van der Waals surface area contributed by atoms with Gasteiger partial charge >= 0.3 is 0 Å². The van der Waals surface area contributed by atoms with Crippen molar-refractivity contribution in [2.24, 2.45) is 5.92 Å². The number of likely N-dealkylation sites (tertiary alicyclic amines) is 1. The van der Waals surface area contributed by atoms with Gasteiger partial charge in [0, 0.05) is 44.9 Å². The minimum Gasteiger partial charge on any atom is -0.489 e. The van der Waals surface area contributed by atoms with E-state index in [9.17, 15) is 27.6 Å². The molecule has 1 aromatic heterocycles. The van der Waals surface area contributed by atoms with Gasteiger partial charge in [-0.3, -0.25) is 14.4 Å². The summed E-state index contributed by atoms with van der Waals surface area (Å²) in [5.41, 5.74) is 1.73. The number of hydrogen-bond acceptors (Lipinski definition) is 7. The second-order valence-corrected chi connectivity index (χ2v) is 13.6. The molecule has 53 heavy (non-hydrogen) atoms. The second kappa shape index (κ2) is 17.7. The molecule has 1 saturated heterocycles. The molecule has 1 aliphatic carbocycles. The summed E-state index contributed by atoms with van der Waals surface area (Å²) in [4.78, 5) is 49.4. The van der Waals surface area contributed by atoms with Crippen LogP contribution in [0.5, 0.6) is 5.75 Å². The van der Waals surface area contributed by atoms with E-state index in [4.69, 9.17) is 9.47 Å². The van der Waals surface area contributed by atoms with Crippen LogP contribution in [0.2, 0.25) is 0 Å². The normalized spacial score (nSPS) is 20.2. The monoisotopic (exact) mass is 736 g/mol. The zero-order chi connectivity index (χ0) is 38.2. The Morgan fingerprint density at radius 1 is 1.02 bits per heavy atom. The average Bonchev–Trinajstić information content (AvgIpc) is 3.80. The zero-order valence-corrected chi connectivity index (χ0v) is 30.6. The maximum atomic E-state index is 14.4. The number of halogens is 3. The van der Waals surface area contributed by atoms with Crippen LogP contribution in [0.3, 0.4) is 0 Å². The van der Waals surface area contributed by atoms with Crippen molar-refractivity contribution in [1.29, 1.82) is 0 Å². The first-order valence-electron chi connectivity index (χ1n) is 17.7. The number of methoxy groups -OCH3 is 1. The zero-order valence-electron chi connectivity index (χ0n) is 30.6. The van der Waals surface area contributed by atoms with Crippen LogP contribution in [0.25, 0.3) is 5.69 Å². The van der Waals surface area contributed by atoms with Gasteiger partial charge in [-0.15, -0.1) is 0 Å². The van der Waals surface area contributed by atoms with Crippen molar-refractivity contribution in [1.82, 2.24) is 30.0 Å². The first kappa shape index (κ1) is 39.3. The summed E-state index contributed by atoms with van der Waals surface area (Å²) in [6.07, 6.45) is 6.05. The van der Waals surface area contributed by atoms with Crippen molar-refractivity contribution in [2.45, 2.75) is 70.4 Å². The van der Waals surface area contributed by atoms with Crippen molar-refractivity contribution in [3.05, 3.63) is 102 Å². The second-order valence-electron chi connectivity index (χ2n) is 13.6. The third-order valence-electron chi connectivity index (χ3n) is 9.93. The molecule has 2 N–H and O–H groups in total. The largest absolute Gasteiger partial charge is 0.489 e. The number of rotatable bonds is 15. The molecule has 1 aliphatic heterocycles. The van der Waals surface area contributed by atoms with Gasteiger partial charge in [0.2, 0.25) is 11.8 Å². The number of allylic oxidation sites excluding steroid dienone is 3. The Kier molecular flexibility index (Phi) is 13.1. The van der Waals surface area contributed by atoms with E-state index >= 15 is 0 Å². The summed E-state index contributed by atoms with van der Waals surface area (Å²) in [7, 11) is 3.09. The number of carbonyl (C=O) groups is 3. The number of nitrogens with one attached hydrogen (secondary N) is 2. The van der Waals surface area contributed by atoms with Gasteiger partial charge in [-0.25, -0.2) is 18.2 Å². The van der Waals surface area contributed by atoms with Gasteiger partial charge < -0.3 is 34.5 Å². The van der Waals surface area contributed by atoms with Crippen molar-refractivity contribution in [2.75, 3.05) is 33.8 Å². The molecule has 11 nitrogen and oxygen atoms in total. The molecule has 1 fully saturated rings. The van der Waals surface area contributed by atoms with Crippen LogP contribution >= 0.6 is 0 Å². The van der Waals surface area contributed by atoms with Crippen molar-refractivity contribution < 1.29 is 37.0 Å². The first-order valence-corrected chi connectivity index (χ1v) is 17.7. The van der Waals surface area contributed by atoms with Gasteiger partial charge in [0.1, 0.15) is 47.4 Å². The lowest BCUT2D eigenvalue weighted by Crippen LogP contribution is -2.58. The van der Waals surface area contributed by atoms with Crippen LogP contribution in [0.15, 0.2) is 84.6 Å². The number of benzene rings is 2. The minimum atomic E-state index is -1.05. The Morgan fingerprint density at radius 3 is 2.34 bits per heavy atom. The van der Waals surface area contributed by atoms with Gasteiger partial charge in [0.15, 0.2) is 0 Å². The molecule has 6 atom stereocenters. The molecule has 0 saturated carbocycles. The summed E-state index contributed by atoms with van der Waals surface area (Å²) < 4.78 is 54.7. The molecule has 0 spiro atoms. The lowest BCUT2D eigenvalue weighted by atomic mass is 9.90. The van der Waals surface area contributed by atoms with Crippen LogP contribution < -0.4 is 15.4 Å².